The van der Waals surface area contributed by atoms with Gasteiger partial charge in [0, 0.05) is 5.56 Å². The van der Waals surface area contributed by atoms with E-state index in [1.54, 1.807) is 24.3 Å². The fourth-order valence-corrected chi connectivity index (χ4v) is 2.56. The zero-order chi connectivity index (χ0) is 15.6. The standard InChI is InChI=1S/C16H11Cl2N3O/c17-16(18,12-9-5-2-6-10-12)13-15(22)21-20-14(19-13)11-7-3-1-4-8-11/h1-10H,(H,21,22). The summed E-state index contributed by atoms with van der Waals surface area (Å²) in [5, 5.41) is 6.36. The fourth-order valence-electron chi connectivity index (χ4n) is 2.05. The van der Waals surface area contributed by atoms with Crippen LogP contribution in [0, 0.1) is 0 Å². The lowest BCUT2D eigenvalue weighted by Crippen LogP contribution is -2.27. The molecule has 0 saturated heterocycles. The smallest absolute Gasteiger partial charge is 0.266 e. The average molecular weight is 332 g/mol. The largest absolute Gasteiger partial charge is 0.289 e. The number of hydrogen-bond acceptors (Lipinski definition) is 3. The molecule has 0 fully saturated rings. The van der Waals surface area contributed by atoms with Crippen molar-refractivity contribution in [3.8, 4) is 11.4 Å². The number of hydrogen-bond donors (Lipinski definition) is 1. The molecule has 1 heterocycles. The molecule has 0 spiro atoms. The van der Waals surface area contributed by atoms with E-state index in [-0.39, 0.29) is 5.69 Å². The Bertz CT molecular complexity index is 833. The topological polar surface area (TPSA) is 58.6 Å². The summed E-state index contributed by atoms with van der Waals surface area (Å²) in [5.41, 5.74) is 0.808. The molecule has 0 radical (unpaired) electrons. The molecule has 110 valence electrons. The van der Waals surface area contributed by atoms with E-state index in [2.05, 4.69) is 15.2 Å². The Balaban J connectivity index is 2.13. The molecule has 1 N–H and O–H groups in total. The SMILES string of the molecule is O=c1[nH]nc(-c2ccccc2)nc1C(Cl)(Cl)c1ccccc1. The number of halogens is 2. The van der Waals surface area contributed by atoms with Crippen LogP contribution in [0.4, 0.5) is 0 Å². The van der Waals surface area contributed by atoms with Crippen LogP contribution in [0.2, 0.25) is 0 Å². The maximum absolute atomic E-state index is 12.1. The van der Waals surface area contributed by atoms with Gasteiger partial charge in [0.1, 0.15) is 5.69 Å². The Hall–Kier alpha value is -2.17. The summed E-state index contributed by atoms with van der Waals surface area (Å²) in [4.78, 5) is 16.3. The third-order valence-corrected chi connectivity index (χ3v) is 3.96. The predicted octanol–water partition coefficient (Wildman–Crippen LogP) is 3.51. The van der Waals surface area contributed by atoms with Gasteiger partial charge < -0.3 is 0 Å². The summed E-state index contributed by atoms with van der Waals surface area (Å²) in [5.74, 6) is 0.358. The third-order valence-electron chi connectivity index (χ3n) is 3.16. The lowest BCUT2D eigenvalue weighted by atomic mass is 10.1. The Morgan fingerprint density at radius 2 is 1.50 bits per heavy atom. The van der Waals surface area contributed by atoms with Crippen LogP contribution in [0.5, 0.6) is 0 Å². The minimum Gasteiger partial charge on any atom is -0.266 e. The van der Waals surface area contributed by atoms with Gasteiger partial charge in [-0.2, -0.15) is 5.10 Å². The zero-order valence-corrected chi connectivity index (χ0v) is 12.8. The van der Waals surface area contributed by atoms with Crippen molar-refractivity contribution in [3.05, 3.63) is 82.3 Å². The summed E-state index contributed by atoms with van der Waals surface area (Å²) in [6.07, 6.45) is 0. The molecule has 1 aromatic heterocycles. The van der Waals surface area contributed by atoms with Crippen LogP contribution in [-0.2, 0) is 4.33 Å². The van der Waals surface area contributed by atoms with Crippen molar-refractivity contribution in [2.24, 2.45) is 0 Å². The Kier molecular flexibility index (Phi) is 3.96. The number of alkyl halides is 2. The molecule has 3 rings (SSSR count). The Morgan fingerprint density at radius 3 is 2.14 bits per heavy atom. The fraction of sp³-hybridized carbons (Fsp3) is 0.0625. The minimum absolute atomic E-state index is 0.00381. The van der Waals surface area contributed by atoms with Crippen LogP contribution < -0.4 is 5.56 Å². The molecule has 0 atom stereocenters. The first-order valence-corrected chi connectivity index (χ1v) is 7.30. The average Bonchev–Trinajstić information content (AvgIpc) is 2.57. The molecule has 6 heteroatoms. The molecular weight excluding hydrogens is 321 g/mol. The molecule has 0 aliphatic rings. The molecule has 22 heavy (non-hydrogen) atoms. The van der Waals surface area contributed by atoms with Crippen molar-refractivity contribution in [1.29, 1.82) is 0 Å². The zero-order valence-electron chi connectivity index (χ0n) is 11.3. The summed E-state index contributed by atoms with van der Waals surface area (Å²) >= 11 is 12.8. The maximum atomic E-state index is 12.1. The van der Waals surface area contributed by atoms with E-state index in [4.69, 9.17) is 23.2 Å². The number of nitrogens with one attached hydrogen (secondary N) is 1. The molecule has 0 saturated carbocycles. The number of aromatic amines is 1. The summed E-state index contributed by atoms with van der Waals surface area (Å²) in [6, 6.07) is 18.2. The van der Waals surface area contributed by atoms with E-state index in [1.807, 2.05) is 36.4 Å². The van der Waals surface area contributed by atoms with Crippen molar-refractivity contribution in [2.75, 3.05) is 0 Å². The second-order valence-electron chi connectivity index (χ2n) is 4.64. The maximum Gasteiger partial charge on any atom is 0.289 e. The lowest BCUT2D eigenvalue weighted by Gasteiger charge is -2.18. The number of rotatable bonds is 3. The van der Waals surface area contributed by atoms with Gasteiger partial charge in [0.25, 0.3) is 5.56 Å². The van der Waals surface area contributed by atoms with Gasteiger partial charge in [-0.3, -0.25) is 4.79 Å². The van der Waals surface area contributed by atoms with Gasteiger partial charge >= 0.3 is 0 Å². The molecule has 0 unspecified atom stereocenters. The molecular formula is C16H11Cl2N3O. The Morgan fingerprint density at radius 1 is 0.909 bits per heavy atom. The highest BCUT2D eigenvalue weighted by molar-refractivity contribution is 6.49. The summed E-state index contributed by atoms with van der Waals surface area (Å²) in [7, 11) is 0. The Labute approximate surface area is 136 Å². The molecule has 4 nitrogen and oxygen atoms in total. The highest BCUT2D eigenvalue weighted by Crippen LogP contribution is 2.38. The number of benzene rings is 2. The van der Waals surface area contributed by atoms with Crippen LogP contribution in [0.15, 0.2) is 65.5 Å². The highest BCUT2D eigenvalue weighted by atomic mass is 35.5. The van der Waals surface area contributed by atoms with Gasteiger partial charge in [0.15, 0.2) is 10.2 Å². The van der Waals surface area contributed by atoms with Crippen molar-refractivity contribution in [1.82, 2.24) is 15.2 Å². The van der Waals surface area contributed by atoms with Crippen molar-refractivity contribution < 1.29 is 0 Å². The van der Waals surface area contributed by atoms with Crippen LogP contribution in [0.1, 0.15) is 11.3 Å². The van der Waals surface area contributed by atoms with Crippen molar-refractivity contribution >= 4 is 23.2 Å². The van der Waals surface area contributed by atoms with E-state index >= 15 is 0 Å². The predicted molar refractivity (Wildman–Crippen MR) is 87.0 cm³/mol. The second-order valence-corrected chi connectivity index (χ2v) is 5.97. The van der Waals surface area contributed by atoms with E-state index in [9.17, 15) is 4.79 Å². The van der Waals surface area contributed by atoms with E-state index in [0.29, 0.717) is 11.4 Å². The van der Waals surface area contributed by atoms with E-state index in [0.717, 1.165) is 5.56 Å². The van der Waals surface area contributed by atoms with Gasteiger partial charge in [0.05, 0.1) is 0 Å². The first-order valence-electron chi connectivity index (χ1n) is 6.55. The van der Waals surface area contributed by atoms with Gasteiger partial charge in [-0.05, 0) is 5.56 Å². The first kappa shape index (κ1) is 14.8. The van der Waals surface area contributed by atoms with Gasteiger partial charge in [0.2, 0.25) is 0 Å². The van der Waals surface area contributed by atoms with E-state index < -0.39 is 9.89 Å². The summed E-state index contributed by atoms with van der Waals surface area (Å²) < 4.78 is -1.55. The molecule has 3 aromatic rings. The molecule has 2 aromatic carbocycles. The molecule has 0 aliphatic carbocycles. The van der Waals surface area contributed by atoms with Crippen LogP contribution in [-0.4, -0.2) is 15.2 Å². The van der Waals surface area contributed by atoms with E-state index in [1.165, 1.54) is 0 Å². The monoisotopic (exact) mass is 331 g/mol. The van der Waals surface area contributed by atoms with Gasteiger partial charge in [-0.25, -0.2) is 10.1 Å². The molecule has 0 aliphatic heterocycles. The molecule has 0 amide bonds. The van der Waals surface area contributed by atoms with Crippen molar-refractivity contribution in [2.45, 2.75) is 4.33 Å². The second kappa shape index (κ2) is 5.91. The number of nitrogens with zero attached hydrogens (tertiary/aromatic N) is 2. The third kappa shape index (κ3) is 2.75. The number of aromatic nitrogens is 3. The van der Waals surface area contributed by atoms with Crippen molar-refractivity contribution in [3.63, 3.8) is 0 Å². The lowest BCUT2D eigenvalue weighted by molar-refractivity contribution is 0.843. The summed E-state index contributed by atoms with van der Waals surface area (Å²) in [6.45, 7) is 0. The van der Waals surface area contributed by atoms with Crippen LogP contribution in [0.25, 0.3) is 11.4 Å². The van der Waals surface area contributed by atoms with Crippen LogP contribution in [0.3, 0.4) is 0 Å². The van der Waals surface area contributed by atoms with Crippen LogP contribution >= 0.6 is 23.2 Å². The minimum atomic E-state index is -1.55. The van der Waals surface area contributed by atoms with Gasteiger partial charge in [-0.1, -0.05) is 83.9 Å². The highest BCUT2D eigenvalue weighted by Gasteiger charge is 2.34. The molecule has 0 bridgehead atoms. The first-order chi connectivity index (χ1) is 10.6. The van der Waals surface area contributed by atoms with Gasteiger partial charge in [-0.15, -0.1) is 0 Å². The number of H-pyrrole nitrogens is 1. The normalized spacial score (nSPS) is 11.4. The quantitative estimate of drug-likeness (QED) is 0.747.